The topological polar surface area (TPSA) is 36.4 Å². The standard InChI is InChI=1S/C14H21N3S/c1-4-5-10-15-14(18)17-16-12(3)13-8-6-11(2)7-9-13/h6-9H,4-5,10H2,1-3H3,(H2,15,17,18). The molecule has 18 heavy (non-hydrogen) atoms. The van der Waals surface area contributed by atoms with Crippen molar-refractivity contribution in [2.24, 2.45) is 5.10 Å². The van der Waals surface area contributed by atoms with Gasteiger partial charge in [-0.3, -0.25) is 5.43 Å². The first-order chi connectivity index (χ1) is 8.63. The summed E-state index contributed by atoms with van der Waals surface area (Å²) in [5, 5.41) is 7.96. The molecule has 0 bridgehead atoms. The monoisotopic (exact) mass is 263 g/mol. The smallest absolute Gasteiger partial charge is 0.186 e. The minimum Gasteiger partial charge on any atom is -0.361 e. The van der Waals surface area contributed by atoms with Gasteiger partial charge in [0, 0.05) is 6.54 Å². The Kier molecular flexibility index (Phi) is 6.36. The number of hydrogen-bond donors (Lipinski definition) is 2. The lowest BCUT2D eigenvalue weighted by atomic mass is 10.1. The van der Waals surface area contributed by atoms with Crippen LogP contribution in [-0.2, 0) is 0 Å². The van der Waals surface area contributed by atoms with Crippen LogP contribution < -0.4 is 10.7 Å². The number of rotatable bonds is 5. The van der Waals surface area contributed by atoms with Crippen molar-refractivity contribution in [1.29, 1.82) is 0 Å². The van der Waals surface area contributed by atoms with Gasteiger partial charge in [-0.2, -0.15) is 5.10 Å². The van der Waals surface area contributed by atoms with E-state index in [1.165, 1.54) is 5.56 Å². The van der Waals surface area contributed by atoms with E-state index in [1.807, 2.05) is 6.92 Å². The second-order valence-electron chi connectivity index (χ2n) is 4.28. The van der Waals surface area contributed by atoms with Crippen LogP contribution in [0, 0.1) is 6.92 Å². The van der Waals surface area contributed by atoms with E-state index in [2.05, 4.69) is 54.0 Å². The Morgan fingerprint density at radius 2 is 1.94 bits per heavy atom. The van der Waals surface area contributed by atoms with Gasteiger partial charge in [-0.15, -0.1) is 0 Å². The van der Waals surface area contributed by atoms with Crippen molar-refractivity contribution in [1.82, 2.24) is 10.7 Å². The molecule has 1 rings (SSSR count). The summed E-state index contributed by atoms with van der Waals surface area (Å²) in [6.07, 6.45) is 2.27. The van der Waals surface area contributed by atoms with Crippen molar-refractivity contribution in [3.8, 4) is 0 Å². The molecule has 0 saturated heterocycles. The first-order valence-corrected chi connectivity index (χ1v) is 6.69. The molecule has 2 N–H and O–H groups in total. The lowest BCUT2D eigenvalue weighted by Gasteiger charge is -2.07. The number of benzene rings is 1. The third-order valence-electron chi connectivity index (χ3n) is 2.61. The first kappa shape index (κ1) is 14.6. The highest BCUT2D eigenvalue weighted by Gasteiger charge is 1.97. The summed E-state index contributed by atoms with van der Waals surface area (Å²) in [4.78, 5) is 0. The molecule has 0 saturated carbocycles. The predicted molar refractivity (Wildman–Crippen MR) is 82.0 cm³/mol. The average Bonchev–Trinajstić information content (AvgIpc) is 2.37. The van der Waals surface area contributed by atoms with Gasteiger partial charge < -0.3 is 5.32 Å². The van der Waals surface area contributed by atoms with Crippen molar-refractivity contribution < 1.29 is 0 Å². The van der Waals surface area contributed by atoms with Crippen molar-refractivity contribution >= 4 is 23.0 Å². The fourth-order valence-electron chi connectivity index (χ4n) is 1.41. The highest BCUT2D eigenvalue weighted by molar-refractivity contribution is 7.80. The predicted octanol–water partition coefficient (Wildman–Crippen LogP) is 2.98. The summed E-state index contributed by atoms with van der Waals surface area (Å²) in [6.45, 7) is 7.08. The van der Waals surface area contributed by atoms with Gasteiger partial charge in [-0.1, -0.05) is 43.2 Å². The maximum Gasteiger partial charge on any atom is 0.186 e. The summed E-state index contributed by atoms with van der Waals surface area (Å²) >= 11 is 5.13. The normalized spacial score (nSPS) is 11.2. The van der Waals surface area contributed by atoms with Gasteiger partial charge in [-0.25, -0.2) is 0 Å². The Balaban J connectivity index is 2.46. The van der Waals surface area contributed by atoms with E-state index in [0.717, 1.165) is 30.7 Å². The van der Waals surface area contributed by atoms with Gasteiger partial charge in [0.2, 0.25) is 0 Å². The van der Waals surface area contributed by atoms with Crippen LogP contribution in [0.3, 0.4) is 0 Å². The minimum atomic E-state index is 0.579. The highest BCUT2D eigenvalue weighted by Crippen LogP contribution is 2.04. The number of thiocarbonyl (C=S) groups is 1. The molecular weight excluding hydrogens is 242 g/mol. The molecule has 0 atom stereocenters. The molecule has 0 aliphatic rings. The van der Waals surface area contributed by atoms with Gasteiger partial charge in [0.1, 0.15) is 0 Å². The molecule has 0 aromatic heterocycles. The van der Waals surface area contributed by atoms with Crippen molar-refractivity contribution in [3.63, 3.8) is 0 Å². The molecule has 0 aliphatic carbocycles. The van der Waals surface area contributed by atoms with Gasteiger partial charge >= 0.3 is 0 Å². The number of hydrazone groups is 1. The molecule has 3 nitrogen and oxygen atoms in total. The van der Waals surface area contributed by atoms with Crippen LogP contribution in [0.5, 0.6) is 0 Å². The lowest BCUT2D eigenvalue weighted by Crippen LogP contribution is -2.33. The van der Waals surface area contributed by atoms with E-state index in [4.69, 9.17) is 12.2 Å². The average molecular weight is 263 g/mol. The first-order valence-electron chi connectivity index (χ1n) is 6.28. The zero-order valence-corrected chi connectivity index (χ0v) is 12.1. The molecule has 0 amide bonds. The van der Waals surface area contributed by atoms with Crippen LogP contribution in [0.1, 0.15) is 37.8 Å². The third-order valence-corrected chi connectivity index (χ3v) is 2.85. The summed E-state index contributed by atoms with van der Waals surface area (Å²) in [6, 6.07) is 8.27. The Morgan fingerprint density at radius 3 is 2.56 bits per heavy atom. The molecule has 0 fully saturated rings. The second-order valence-corrected chi connectivity index (χ2v) is 4.69. The van der Waals surface area contributed by atoms with Crippen molar-refractivity contribution in [2.75, 3.05) is 6.54 Å². The molecule has 0 heterocycles. The fourth-order valence-corrected chi connectivity index (χ4v) is 1.56. The van der Waals surface area contributed by atoms with Crippen molar-refractivity contribution in [2.45, 2.75) is 33.6 Å². The third kappa shape index (κ3) is 5.27. The second kappa shape index (κ2) is 7.82. The molecule has 0 spiro atoms. The van der Waals surface area contributed by atoms with Crippen LogP contribution in [0.4, 0.5) is 0 Å². The van der Waals surface area contributed by atoms with E-state index >= 15 is 0 Å². The zero-order valence-electron chi connectivity index (χ0n) is 11.3. The van der Waals surface area contributed by atoms with E-state index in [0.29, 0.717) is 5.11 Å². The van der Waals surface area contributed by atoms with Gasteiger partial charge in [0.15, 0.2) is 5.11 Å². The summed E-state index contributed by atoms with van der Waals surface area (Å²) in [5.74, 6) is 0. The highest BCUT2D eigenvalue weighted by atomic mass is 32.1. The van der Waals surface area contributed by atoms with E-state index in [1.54, 1.807) is 0 Å². The van der Waals surface area contributed by atoms with E-state index in [9.17, 15) is 0 Å². The van der Waals surface area contributed by atoms with Crippen LogP contribution in [0.2, 0.25) is 0 Å². The van der Waals surface area contributed by atoms with Gasteiger partial charge in [0.05, 0.1) is 5.71 Å². The molecular formula is C14H21N3S. The SMILES string of the molecule is CCCCNC(=S)NN=C(C)c1ccc(C)cc1. The number of hydrogen-bond acceptors (Lipinski definition) is 2. The molecule has 4 heteroatoms. The largest absolute Gasteiger partial charge is 0.361 e. The van der Waals surface area contributed by atoms with Gasteiger partial charge in [-0.05, 0) is 38.0 Å². The maximum absolute atomic E-state index is 5.13. The Bertz CT molecular complexity index is 410. The lowest BCUT2D eigenvalue weighted by molar-refractivity contribution is 0.745. The maximum atomic E-state index is 5.13. The zero-order chi connectivity index (χ0) is 13.4. The molecule has 0 unspecified atom stereocenters. The van der Waals surface area contributed by atoms with Crippen LogP contribution in [0.15, 0.2) is 29.4 Å². The van der Waals surface area contributed by atoms with E-state index < -0.39 is 0 Å². The summed E-state index contributed by atoms with van der Waals surface area (Å²) in [5.41, 5.74) is 6.14. The fraction of sp³-hybridized carbons (Fsp3) is 0.429. The quantitative estimate of drug-likeness (QED) is 0.371. The molecule has 1 aromatic rings. The minimum absolute atomic E-state index is 0.579. The Hall–Kier alpha value is -1.42. The van der Waals surface area contributed by atoms with E-state index in [-0.39, 0.29) is 0 Å². The molecule has 98 valence electrons. The summed E-state index contributed by atoms with van der Waals surface area (Å²) < 4.78 is 0. The van der Waals surface area contributed by atoms with Crippen molar-refractivity contribution in [3.05, 3.63) is 35.4 Å². The van der Waals surface area contributed by atoms with Crippen LogP contribution in [-0.4, -0.2) is 17.4 Å². The number of nitrogens with zero attached hydrogens (tertiary/aromatic N) is 1. The Labute approximate surface area is 115 Å². The number of aryl methyl sites for hydroxylation is 1. The number of nitrogens with one attached hydrogen (secondary N) is 2. The summed E-state index contributed by atoms with van der Waals surface area (Å²) in [7, 11) is 0. The van der Waals surface area contributed by atoms with Gasteiger partial charge in [0.25, 0.3) is 0 Å². The van der Waals surface area contributed by atoms with Crippen LogP contribution >= 0.6 is 12.2 Å². The van der Waals surface area contributed by atoms with Crippen LogP contribution in [0.25, 0.3) is 0 Å². The molecule has 1 aromatic carbocycles. The number of unbranched alkanes of at least 4 members (excludes halogenated alkanes) is 1. The Morgan fingerprint density at radius 1 is 1.28 bits per heavy atom. The molecule has 0 radical (unpaired) electrons. The molecule has 0 aliphatic heterocycles.